The molecule has 0 fully saturated rings. The molecule has 1 unspecified atom stereocenters. The molecule has 0 bridgehead atoms. The number of nitrogens with zero attached hydrogens (tertiary/aromatic N) is 2. The van der Waals surface area contributed by atoms with E-state index in [-0.39, 0.29) is 6.04 Å². The van der Waals surface area contributed by atoms with Gasteiger partial charge in [0.05, 0.1) is 17.3 Å². The molecule has 1 heterocycles. The van der Waals surface area contributed by atoms with Gasteiger partial charge in [-0.25, -0.2) is 0 Å². The molecule has 20 heavy (non-hydrogen) atoms. The summed E-state index contributed by atoms with van der Waals surface area (Å²) in [5, 5.41) is 9.01. The van der Waals surface area contributed by atoms with E-state index < -0.39 is 11.7 Å². The van der Waals surface area contributed by atoms with Crippen LogP contribution >= 0.6 is 11.5 Å². The first kappa shape index (κ1) is 14.9. The van der Waals surface area contributed by atoms with Crippen LogP contribution in [0.15, 0.2) is 29.6 Å². The fraction of sp³-hybridized carbons (Fsp3) is 0.385. The van der Waals surface area contributed by atoms with E-state index in [2.05, 4.69) is 14.9 Å². The van der Waals surface area contributed by atoms with Gasteiger partial charge in [0.15, 0.2) is 0 Å². The lowest BCUT2D eigenvalue weighted by atomic mass is 10.0. The number of likely N-dealkylation sites (N-methyl/N-ethyl adjacent to an activating group) is 1. The monoisotopic (exact) mass is 301 g/mol. The molecule has 108 valence electrons. The molecule has 0 saturated carbocycles. The van der Waals surface area contributed by atoms with Gasteiger partial charge in [0, 0.05) is 5.38 Å². The van der Waals surface area contributed by atoms with Gasteiger partial charge in [0.25, 0.3) is 0 Å². The molecule has 0 spiro atoms. The first-order valence-corrected chi connectivity index (χ1v) is 7.01. The predicted octanol–water partition coefficient (Wildman–Crippen LogP) is 3.45. The molecule has 0 radical (unpaired) electrons. The Balaban J connectivity index is 2.19. The number of aromatic nitrogens is 2. The Bertz CT molecular complexity index is 540. The van der Waals surface area contributed by atoms with E-state index in [4.69, 9.17) is 0 Å². The molecule has 0 aliphatic carbocycles. The van der Waals surface area contributed by atoms with E-state index in [1.165, 1.54) is 23.7 Å². The van der Waals surface area contributed by atoms with Crippen molar-refractivity contribution in [1.29, 1.82) is 0 Å². The molecular weight excluding hydrogens is 287 g/mol. The standard InChI is InChI=1S/C13H14F3N3S/c1-2-17-11(12-8-20-19-18-12)7-9-4-3-5-10(6-9)13(14,15)16/h3-6,8,11,17H,2,7H2,1H3. The van der Waals surface area contributed by atoms with Gasteiger partial charge in [0.1, 0.15) is 0 Å². The van der Waals surface area contributed by atoms with E-state index in [1.807, 2.05) is 6.92 Å². The van der Waals surface area contributed by atoms with Crippen LogP contribution in [0.3, 0.4) is 0 Å². The van der Waals surface area contributed by atoms with Gasteiger partial charge in [-0.05, 0) is 36.1 Å². The third-order valence-electron chi connectivity index (χ3n) is 2.88. The molecule has 0 saturated heterocycles. The quantitative estimate of drug-likeness (QED) is 0.919. The first-order chi connectivity index (χ1) is 9.50. The van der Waals surface area contributed by atoms with Gasteiger partial charge in [-0.1, -0.05) is 29.6 Å². The molecule has 1 atom stereocenters. The number of alkyl halides is 3. The van der Waals surface area contributed by atoms with Crippen molar-refractivity contribution in [2.75, 3.05) is 6.54 Å². The van der Waals surface area contributed by atoms with Crippen LogP contribution in [-0.4, -0.2) is 16.1 Å². The highest BCUT2D eigenvalue weighted by molar-refractivity contribution is 7.03. The summed E-state index contributed by atoms with van der Waals surface area (Å²) >= 11 is 1.23. The third kappa shape index (κ3) is 3.77. The van der Waals surface area contributed by atoms with Crippen LogP contribution in [0.25, 0.3) is 0 Å². The molecule has 1 aromatic heterocycles. The zero-order valence-electron chi connectivity index (χ0n) is 10.8. The van der Waals surface area contributed by atoms with Crippen molar-refractivity contribution in [2.24, 2.45) is 0 Å². The van der Waals surface area contributed by atoms with E-state index in [9.17, 15) is 13.2 Å². The lowest BCUT2D eigenvalue weighted by Crippen LogP contribution is -2.23. The Morgan fingerprint density at radius 2 is 2.15 bits per heavy atom. The summed E-state index contributed by atoms with van der Waals surface area (Å²) in [5.74, 6) is 0. The van der Waals surface area contributed by atoms with Gasteiger partial charge in [-0.3, -0.25) is 0 Å². The Labute approximate surface area is 119 Å². The van der Waals surface area contributed by atoms with E-state index >= 15 is 0 Å². The Kier molecular flexibility index (Phi) is 4.72. The van der Waals surface area contributed by atoms with Crippen LogP contribution in [-0.2, 0) is 12.6 Å². The second kappa shape index (κ2) is 6.32. The van der Waals surface area contributed by atoms with Crippen molar-refractivity contribution in [1.82, 2.24) is 14.9 Å². The smallest absolute Gasteiger partial charge is 0.309 e. The first-order valence-electron chi connectivity index (χ1n) is 6.17. The average Bonchev–Trinajstić information content (AvgIpc) is 2.91. The molecule has 1 N–H and O–H groups in total. The number of nitrogens with one attached hydrogen (secondary N) is 1. The highest BCUT2D eigenvalue weighted by atomic mass is 32.1. The topological polar surface area (TPSA) is 37.8 Å². The highest BCUT2D eigenvalue weighted by Crippen LogP contribution is 2.30. The summed E-state index contributed by atoms with van der Waals surface area (Å²) < 4.78 is 41.9. The second-order valence-electron chi connectivity index (χ2n) is 4.34. The van der Waals surface area contributed by atoms with E-state index in [0.29, 0.717) is 18.5 Å². The maximum atomic E-state index is 12.7. The Morgan fingerprint density at radius 1 is 1.35 bits per heavy atom. The highest BCUT2D eigenvalue weighted by Gasteiger charge is 2.30. The molecule has 2 aromatic rings. The maximum absolute atomic E-state index is 12.7. The van der Waals surface area contributed by atoms with Crippen molar-refractivity contribution in [3.8, 4) is 0 Å². The second-order valence-corrected chi connectivity index (χ2v) is 4.95. The van der Waals surface area contributed by atoms with Gasteiger partial charge >= 0.3 is 6.18 Å². The fourth-order valence-corrected chi connectivity index (χ4v) is 2.47. The molecule has 0 aliphatic heterocycles. The molecule has 7 heteroatoms. The molecule has 3 nitrogen and oxygen atoms in total. The largest absolute Gasteiger partial charge is 0.416 e. The predicted molar refractivity (Wildman–Crippen MR) is 71.5 cm³/mol. The van der Waals surface area contributed by atoms with Crippen LogP contribution in [0.4, 0.5) is 13.2 Å². The summed E-state index contributed by atoms with van der Waals surface area (Å²) in [6.07, 6.45) is -3.87. The third-order valence-corrected chi connectivity index (χ3v) is 3.40. The van der Waals surface area contributed by atoms with Crippen LogP contribution in [0.1, 0.15) is 29.8 Å². The van der Waals surface area contributed by atoms with Crippen molar-refractivity contribution in [3.63, 3.8) is 0 Å². The van der Waals surface area contributed by atoms with Gasteiger partial charge < -0.3 is 5.32 Å². The SMILES string of the molecule is CCNC(Cc1cccc(C(F)(F)F)c1)c1csnn1. The zero-order valence-corrected chi connectivity index (χ0v) is 11.6. The minimum atomic E-state index is -4.31. The number of hydrogen-bond acceptors (Lipinski definition) is 4. The summed E-state index contributed by atoms with van der Waals surface area (Å²) in [6.45, 7) is 2.65. The summed E-state index contributed by atoms with van der Waals surface area (Å²) in [7, 11) is 0. The molecular formula is C13H14F3N3S. The lowest BCUT2D eigenvalue weighted by Gasteiger charge is -2.16. The minimum Gasteiger partial charge on any atom is -0.309 e. The number of benzene rings is 1. The number of hydrogen-bond donors (Lipinski definition) is 1. The zero-order chi connectivity index (χ0) is 14.6. The number of halogens is 3. The minimum absolute atomic E-state index is 0.123. The molecule has 1 aromatic carbocycles. The lowest BCUT2D eigenvalue weighted by molar-refractivity contribution is -0.137. The van der Waals surface area contributed by atoms with E-state index in [0.717, 1.165) is 11.8 Å². The van der Waals surface area contributed by atoms with Gasteiger partial charge in [-0.2, -0.15) is 13.2 Å². The summed E-state index contributed by atoms with van der Waals surface area (Å²) in [5.41, 5.74) is 0.759. The van der Waals surface area contributed by atoms with Crippen molar-refractivity contribution >= 4 is 11.5 Å². The van der Waals surface area contributed by atoms with Crippen molar-refractivity contribution in [3.05, 3.63) is 46.5 Å². The fourth-order valence-electron chi connectivity index (χ4n) is 1.96. The van der Waals surface area contributed by atoms with Crippen LogP contribution in [0.5, 0.6) is 0 Å². The van der Waals surface area contributed by atoms with Gasteiger partial charge in [-0.15, -0.1) is 5.10 Å². The molecule has 2 rings (SSSR count). The summed E-state index contributed by atoms with van der Waals surface area (Å²) in [6, 6.07) is 5.27. The normalized spacial score (nSPS) is 13.4. The Hall–Kier alpha value is -1.47. The number of rotatable bonds is 5. The van der Waals surface area contributed by atoms with Crippen LogP contribution in [0.2, 0.25) is 0 Å². The maximum Gasteiger partial charge on any atom is 0.416 e. The Morgan fingerprint density at radius 3 is 2.75 bits per heavy atom. The van der Waals surface area contributed by atoms with E-state index in [1.54, 1.807) is 11.4 Å². The molecule has 0 amide bonds. The van der Waals surface area contributed by atoms with Crippen LogP contribution < -0.4 is 5.32 Å². The van der Waals surface area contributed by atoms with Crippen LogP contribution in [0, 0.1) is 0 Å². The average molecular weight is 301 g/mol. The van der Waals surface area contributed by atoms with Crippen molar-refractivity contribution in [2.45, 2.75) is 25.6 Å². The summed E-state index contributed by atoms with van der Waals surface area (Å²) in [4.78, 5) is 0. The van der Waals surface area contributed by atoms with Crippen molar-refractivity contribution < 1.29 is 13.2 Å². The molecule has 0 aliphatic rings. The van der Waals surface area contributed by atoms with Gasteiger partial charge in [0.2, 0.25) is 0 Å².